The number of rotatable bonds is 6. The molecule has 3 atom stereocenters. The van der Waals surface area contributed by atoms with E-state index in [-0.39, 0.29) is 37.4 Å². The van der Waals surface area contributed by atoms with E-state index in [0.29, 0.717) is 30.4 Å². The Hall–Kier alpha value is -2.41. The van der Waals surface area contributed by atoms with Crippen LogP contribution in [0.2, 0.25) is 0 Å². The Balaban J connectivity index is 2.19. The Morgan fingerprint density at radius 2 is 2.00 bits per heavy atom. The highest BCUT2D eigenvalue weighted by Crippen LogP contribution is 2.36. The third-order valence-corrected chi connectivity index (χ3v) is 5.01. The molecule has 0 aromatic heterocycles. The Morgan fingerprint density at radius 3 is 2.66 bits per heavy atom. The molecule has 0 bridgehead atoms. The first kappa shape index (κ1) is 22.9. The summed E-state index contributed by atoms with van der Waals surface area (Å²) in [4.78, 5) is 35.1. The monoisotopic (exact) mass is 406 g/mol. The fraction of sp³-hybridized carbons (Fsp3) is 0.591. The van der Waals surface area contributed by atoms with Crippen LogP contribution in [-0.2, 0) is 28.6 Å². The van der Waals surface area contributed by atoms with E-state index >= 15 is 0 Å². The van der Waals surface area contributed by atoms with Crippen LogP contribution in [0.1, 0.15) is 46.5 Å². The maximum Gasteiger partial charge on any atom is 0.334 e. The third kappa shape index (κ3) is 6.85. The van der Waals surface area contributed by atoms with Gasteiger partial charge in [0.15, 0.2) is 0 Å². The van der Waals surface area contributed by atoms with Crippen molar-refractivity contribution in [2.75, 3.05) is 13.2 Å². The standard InChI is InChI=1S/C22H30O7/c1-13(2)8-21(25)28-12-17-7-5-6-16(11-27-15(4)23)9-20-18(10-19(17)24)14(3)22(26)29-20/h6-7,13,18-20,24H,3,5,8-12H2,1-2,4H3. The molecule has 0 amide bonds. The van der Waals surface area contributed by atoms with Gasteiger partial charge < -0.3 is 19.3 Å². The summed E-state index contributed by atoms with van der Waals surface area (Å²) >= 11 is 0. The van der Waals surface area contributed by atoms with Crippen molar-refractivity contribution < 1.29 is 33.7 Å². The molecule has 0 saturated carbocycles. The second kappa shape index (κ2) is 10.4. The van der Waals surface area contributed by atoms with Gasteiger partial charge in [0, 0.05) is 31.3 Å². The number of carbonyl (C=O) groups excluding carboxylic acids is 3. The Labute approximate surface area is 171 Å². The zero-order valence-electron chi connectivity index (χ0n) is 17.3. The molecule has 1 N–H and O–H groups in total. The smallest absolute Gasteiger partial charge is 0.334 e. The lowest BCUT2D eigenvalue weighted by molar-refractivity contribution is -0.144. The van der Waals surface area contributed by atoms with Gasteiger partial charge in [-0.25, -0.2) is 4.79 Å². The van der Waals surface area contributed by atoms with Crippen LogP contribution >= 0.6 is 0 Å². The summed E-state index contributed by atoms with van der Waals surface area (Å²) in [5.41, 5.74) is 1.71. The Morgan fingerprint density at radius 1 is 1.28 bits per heavy atom. The fourth-order valence-electron chi connectivity index (χ4n) is 3.42. The molecule has 0 aromatic carbocycles. The largest absolute Gasteiger partial charge is 0.461 e. The molecule has 1 aliphatic carbocycles. The number of esters is 3. The molecule has 29 heavy (non-hydrogen) atoms. The molecule has 0 spiro atoms. The number of ether oxygens (including phenoxy) is 3. The van der Waals surface area contributed by atoms with Gasteiger partial charge >= 0.3 is 17.9 Å². The summed E-state index contributed by atoms with van der Waals surface area (Å²) < 4.78 is 15.9. The number of hydrogen-bond donors (Lipinski definition) is 1. The predicted octanol–water partition coefficient (Wildman–Crippen LogP) is 2.63. The summed E-state index contributed by atoms with van der Waals surface area (Å²) in [6, 6.07) is 0. The second-order valence-corrected chi connectivity index (χ2v) is 7.95. The van der Waals surface area contributed by atoms with Crippen molar-refractivity contribution in [2.45, 2.75) is 58.7 Å². The Kier molecular flexibility index (Phi) is 8.20. The Bertz CT molecular complexity index is 717. The lowest BCUT2D eigenvalue weighted by atomic mass is 9.85. The number of aliphatic hydroxyl groups is 1. The molecule has 0 aromatic rings. The normalized spacial score (nSPS) is 24.9. The lowest BCUT2D eigenvalue weighted by Gasteiger charge is -2.24. The summed E-state index contributed by atoms with van der Waals surface area (Å²) in [5.74, 6) is -1.38. The molecule has 0 radical (unpaired) electrons. The van der Waals surface area contributed by atoms with E-state index in [9.17, 15) is 19.5 Å². The van der Waals surface area contributed by atoms with Crippen molar-refractivity contribution in [2.24, 2.45) is 11.8 Å². The van der Waals surface area contributed by atoms with E-state index in [1.54, 1.807) is 0 Å². The highest BCUT2D eigenvalue weighted by atomic mass is 16.6. The molecule has 1 aliphatic heterocycles. The first-order valence-electron chi connectivity index (χ1n) is 9.91. The van der Waals surface area contributed by atoms with Gasteiger partial charge in [0.2, 0.25) is 0 Å². The van der Waals surface area contributed by atoms with Crippen LogP contribution < -0.4 is 0 Å². The number of aliphatic hydroxyl groups excluding tert-OH is 1. The summed E-state index contributed by atoms with van der Waals surface area (Å²) in [6.07, 6.45) is 3.74. The van der Waals surface area contributed by atoms with Gasteiger partial charge in [-0.05, 0) is 29.9 Å². The maximum absolute atomic E-state index is 12.0. The van der Waals surface area contributed by atoms with Gasteiger partial charge in [-0.2, -0.15) is 0 Å². The highest BCUT2D eigenvalue weighted by molar-refractivity contribution is 5.90. The molecule has 2 rings (SSSR count). The van der Waals surface area contributed by atoms with Gasteiger partial charge in [0.1, 0.15) is 19.3 Å². The van der Waals surface area contributed by atoms with Crippen LogP contribution in [0.25, 0.3) is 0 Å². The van der Waals surface area contributed by atoms with Crippen LogP contribution in [-0.4, -0.2) is 48.4 Å². The molecule has 160 valence electrons. The van der Waals surface area contributed by atoms with Gasteiger partial charge in [0.05, 0.1) is 6.10 Å². The van der Waals surface area contributed by atoms with Crippen molar-refractivity contribution >= 4 is 17.9 Å². The zero-order valence-corrected chi connectivity index (χ0v) is 17.3. The van der Waals surface area contributed by atoms with Gasteiger partial charge in [-0.15, -0.1) is 0 Å². The summed E-state index contributed by atoms with van der Waals surface area (Å²) in [7, 11) is 0. The number of hydrogen-bond acceptors (Lipinski definition) is 7. The van der Waals surface area contributed by atoms with Crippen LogP contribution in [0.4, 0.5) is 0 Å². The molecule has 3 unspecified atom stereocenters. The first-order valence-corrected chi connectivity index (χ1v) is 9.91. The van der Waals surface area contributed by atoms with E-state index in [0.717, 1.165) is 5.57 Å². The summed E-state index contributed by atoms with van der Waals surface area (Å²) in [6.45, 7) is 9.10. The maximum atomic E-state index is 12.0. The van der Waals surface area contributed by atoms with Crippen LogP contribution in [0, 0.1) is 11.8 Å². The third-order valence-electron chi connectivity index (χ3n) is 5.01. The minimum Gasteiger partial charge on any atom is -0.461 e. The highest BCUT2D eigenvalue weighted by Gasteiger charge is 2.40. The molecular formula is C22H30O7. The van der Waals surface area contributed by atoms with Gasteiger partial charge in [-0.3, -0.25) is 9.59 Å². The lowest BCUT2D eigenvalue weighted by Crippen LogP contribution is -2.27. The van der Waals surface area contributed by atoms with Crippen molar-refractivity contribution in [1.82, 2.24) is 0 Å². The van der Waals surface area contributed by atoms with Crippen LogP contribution in [0.3, 0.4) is 0 Å². The number of fused-ring (bicyclic) bond motifs is 1. The number of allylic oxidation sites excluding steroid dienone is 2. The SMILES string of the molecule is C=C1C(=O)OC2CC(COC(C)=O)=CCC=C(COC(=O)CC(C)C)C(O)CC12. The number of carbonyl (C=O) groups is 3. The van der Waals surface area contributed by atoms with Crippen molar-refractivity contribution in [3.8, 4) is 0 Å². The minimum absolute atomic E-state index is 0.0154. The fourth-order valence-corrected chi connectivity index (χ4v) is 3.42. The molecule has 2 aliphatic rings. The predicted molar refractivity (Wildman–Crippen MR) is 106 cm³/mol. The van der Waals surface area contributed by atoms with Gasteiger partial charge in [-0.1, -0.05) is 32.6 Å². The van der Waals surface area contributed by atoms with Crippen molar-refractivity contribution in [3.63, 3.8) is 0 Å². The van der Waals surface area contributed by atoms with E-state index in [1.165, 1.54) is 6.92 Å². The molecule has 7 nitrogen and oxygen atoms in total. The quantitative estimate of drug-likeness (QED) is 0.313. The molecule has 1 heterocycles. The van der Waals surface area contributed by atoms with Crippen LogP contribution in [0.5, 0.6) is 0 Å². The average molecular weight is 406 g/mol. The molecule has 1 saturated heterocycles. The van der Waals surface area contributed by atoms with E-state index in [1.807, 2.05) is 26.0 Å². The van der Waals surface area contributed by atoms with Crippen molar-refractivity contribution in [1.29, 1.82) is 0 Å². The van der Waals surface area contributed by atoms with E-state index in [4.69, 9.17) is 14.2 Å². The second-order valence-electron chi connectivity index (χ2n) is 7.95. The van der Waals surface area contributed by atoms with E-state index in [2.05, 4.69) is 6.58 Å². The topological polar surface area (TPSA) is 99.1 Å². The van der Waals surface area contributed by atoms with Crippen molar-refractivity contribution in [3.05, 3.63) is 35.5 Å². The van der Waals surface area contributed by atoms with Gasteiger partial charge in [0.25, 0.3) is 0 Å². The molecule has 7 heteroatoms. The first-order chi connectivity index (χ1) is 13.7. The average Bonchev–Trinajstić information content (AvgIpc) is 2.88. The molecule has 1 fully saturated rings. The summed E-state index contributed by atoms with van der Waals surface area (Å²) in [5, 5.41) is 10.7. The van der Waals surface area contributed by atoms with E-state index < -0.39 is 24.1 Å². The van der Waals surface area contributed by atoms with Crippen LogP contribution in [0.15, 0.2) is 35.5 Å². The zero-order chi connectivity index (χ0) is 21.6. The minimum atomic E-state index is -0.885. The molecular weight excluding hydrogens is 376 g/mol.